The van der Waals surface area contributed by atoms with Crippen LogP contribution in [0.5, 0.6) is 6.01 Å². The van der Waals surface area contributed by atoms with E-state index in [-0.39, 0.29) is 5.65 Å². The lowest BCUT2D eigenvalue weighted by Gasteiger charge is -2.13. The third-order valence-corrected chi connectivity index (χ3v) is 3.86. The zero-order valence-electron chi connectivity index (χ0n) is 12.2. The minimum Gasteiger partial charge on any atom is -0.480 e. The average Bonchev–Trinajstić information content (AvgIpc) is 2.87. The van der Waals surface area contributed by atoms with Crippen molar-refractivity contribution in [1.29, 1.82) is 0 Å². The van der Waals surface area contributed by atoms with Crippen LogP contribution in [-0.4, -0.2) is 24.9 Å². The Morgan fingerprint density at radius 3 is 2.50 bits per heavy atom. The largest absolute Gasteiger partial charge is 0.480 e. The van der Waals surface area contributed by atoms with Crippen LogP contribution in [0, 0.1) is 0 Å². The highest BCUT2D eigenvalue weighted by Gasteiger charge is 2.39. The normalized spacial score (nSPS) is 13.4. The minimum atomic E-state index is -4.83. The second kappa shape index (κ2) is 5.55. The van der Waals surface area contributed by atoms with Crippen LogP contribution in [0.15, 0.2) is 34.0 Å². The summed E-state index contributed by atoms with van der Waals surface area (Å²) in [6.07, 6.45) is -4.83. The highest BCUT2D eigenvalue weighted by Crippen LogP contribution is 2.34. The van der Waals surface area contributed by atoms with Gasteiger partial charge in [-0.1, -0.05) is 12.1 Å². The lowest BCUT2D eigenvalue weighted by molar-refractivity contribution is -0.140. The molecule has 1 unspecified atom stereocenters. The molecule has 3 aromatic rings. The number of rotatable bonds is 2. The quantitative estimate of drug-likeness (QED) is 0.617. The zero-order valence-corrected chi connectivity index (χ0v) is 13.1. The molecule has 3 rings (SSSR count). The second-order valence-electron chi connectivity index (χ2n) is 5.15. The van der Waals surface area contributed by atoms with Crippen molar-refractivity contribution < 1.29 is 18.3 Å². The van der Waals surface area contributed by atoms with Crippen molar-refractivity contribution in [3.8, 4) is 6.01 Å². The number of alkyl halides is 3. The summed E-state index contributed by atoms with van der Waals surface area (Å²) in [5, 5.41) is 12.3. The highest BCUT2D eigenvalue weighted by atomic mass is 32.1. The Morgan fingerprint density at radius 2 is 1.92 bits per heavy atom. The first-order valence-electron chi connectivity index (χ1n) is 6.76. The van der Waals surface area contributed by atoms with E-state index >= 15 is 0 Å². The van der Waals surface area contributed by atoms with Gasteiger partial charge in [-0.2, -0.15) is 23.3 Å². The van der Waals surface area contributed by atoms with Crippen molar-refractivity contribution in [3.63, 3.8) is 0 Å². The number of aromatic amines is 1. The first kappa shape index (κ1) is 16.4. The number of nitrogens with one attached hydrogen (secondary N) is 1. The molecule has 6 nitrogen and oxygen atoms in total. The Hall–Kier alpha value is -2.49. The fraction of sp³-hybridized carbons (Fsp3) is 0.214. The topological polar surface area (TPSA) is 83.8 Å². The van der Waals surface area contributed by atoms with Crippen LogP contribution in [0.2, 0.25) is 0 Å². The van der Waals surface area contributed by atoms with Crippen LogP contribution in [0.4, 0.5) is 13.2 Å². The van der Waals surface area contributed by atoms with Crippen molar-refractivity contribution in [3.05, 3.63) is 45.9 Å². The zero-order chi connectivity index (χ0) is 17.6. The predicted molar refractivity (Wildman–Crippen MR) is 82.3 cm³/mol. The van der Waals surface area contributed by atoms with Crippen LogP contribution in [0.25, 0.3) is 11.0 Å². The van der Waals surface area contributed by atoms with E-state index in [1.807, 2.05) is 4.98 Å². The molecule has 0 aliphatic heterocycles. The predicted octanol–water partition coefficient (Wildman–Crippen LogP) is 2.74. The lowest BCUT2D eigenvalue weighted by atomic mass is 10.1. The number of aromatic hydroxyl groups is 1. The Morgan fingerprint density at radius 1 is 1.29 bits per heavy atom. The molecule has 10 heteroatoms. The molecule has 1 aromatic carbocycles. The van der Waals surface area contributed by atoms with Gasteiger partial charge in [0.25, 0.3) is 11.6 Å². The van der Waals surface area contributed by atoms with E-state index in [0.29, 0.717) is 10.5 Å². The maximum absolute atomic E-state index is 13.2. The number of halogens is 3. The monoisotopic (exact) mass is 356 g/mol. The Kier molecular flexibility index (Phi) is 3.78. The number of benzene rings is 1. The smallest absolute Gasteiger partial charge is 0.436 e. The summed E-state index contributed by atoms with van der Waals surface area (Å²) in [5.41, 5.74) is -2.14. The molecule has 0 radical (unpaired) electrons. The number of hydrogen-bond acceptors (Lipinski definition) is 5. The highest BCUT2D eigenvalue weighted by molar-refractivity contribution is 7.80. The van der Waals surface area contributed by atoms with Crippen LogP contribution >= 0.6 is 12.6 Å². The number of thiol groups is 1. The molecular formula is C14H11F3N4O2S. The van der Waals surface area contributed by atoms with E-state index in [1.165, 1.54) is 0 Å². The molecular weight excluding hydrogens is 345 g/mol. The summed E-state index contributed by atoms with van der Waals surface area (Å²) in [4.78, 5) is 18.0. The SMILES string of the molecule is CC(c1ccc(S)cc1)n1nc(C(F)(F)F)c2c(=O)[nH]c(O)nc21. The van der Waals surface area contributed by atoms with Crippen molar-refractivity contribution in [2.24, 2.45) is 0 Å². The van der Waals surface area contributed by atoms with Gasteiger partial charge in [-0.3, -0.25) is 9.78 Å². The maximum atomic E-state index is 13.2. The Bertz CT molecular complexity index is 963. The maximum Gasteiger partial charge on any atom is 0.436 e. The van der Waals surface area contributed by atoms with E-state index in [0.717, 1.165) is 4.68 Å². The van der Waals surface area contributed by atoms with Gasteiger partial charge in [0.15, 0.2) is 11.3 Å². The molecule has 0 saturated carbocycles. The first-order valence-corrected chi connectivity index (χ1v) is 7.21. The number of hydrogen-bond donors (Lipinski definition) is 3. The second-order valence-corrected chi connectivity index (χ2v) is 5.66. The van der Waals surface area contributed by atoms with Gasteiger partial charge >= 0.3 is 6.18 Å². The van der Waals surface area contributed by atoms with E-state index in [4.69, 9.17) is 0 Å². The summed E-state index contributed by atoms with van der Waals surface area (Å²) in [7, 11) is 0. The molecule has 24 heavy (non-hydrogen) atoms. The lowest BCUT2D eigenvalue weighted by Crippen LogP contribution is -2.13. The summed E-state index contributed by atoms with van der Waals surface area (Å²) >= 11 is 4.15. The van der Waals surface area contributed by atoms with Gasteiger partial charge in [-0.25, -0.2) is 4.68 Å². The van der Waals surface area contributed by atoms with E-state index in [1.54, 1.807) is 31.2 Å². The van der Waals surface area contributed by atoms with Gasteiger partial charge < -0.3 is 5.11 Å². The Labute approximate surface area is 138 Å². The van der Waals surface area contributed by atoms with Crippen molar-refractivity contribution in [2.45, 2.75) is 24.0 Å². The summed E-state index contributed by atoms with van der Waals surface area (Å²) in [6.45, 7) is 1.61. The Balaban J connectivity index is 2.28. The van der Waals surface area contributed by atoms with Gasteiger partial charge in [0.1, 0.15) is 5.39 Å². The fourth-order valence-corrected chi connectivity index (χ4v) is 2.55. The van der Waals surface area contributed by atoms with Crippen LogP contribution < -0.4 is 5.56 Å². The molecule has 0 bridgehead atoms. The van der Waals surface area contributed by atoms with Crippen molar-refractivity contribution in [1.82, 2.24) is 19.7 Å². The minimum absolute atomic E-state index is 0.342. The number of nitrogens with zero attached hydrogens (tertiary/aromatic N) is 3. The van der Waals surface area contributed by atoms with Crippen LogP contribution in [0.1, 0.15) is 24.2 Å². The third-order valence-electron chi connectivity index (χ3n) is 3.56. The third kappa shape index (κ3) is 2.73. The van der Waals surface area contributed by atoms with Gasteiger partial charge in [0.05, 0.1) is 6.04 Å². The summed E-state index contributed by atoms with van der Waals surface area (Å²) < 4.78 is 40.6. The van der Waals surface area contributed by atoms with Crippen molar-refractivity contribution in [2.75, 3.05) is 0 Å². The van der Waals surface area contributed by atoms with Gasteiger partial charge in [-0.15, -0.1) is 12.6 Å². The van der Waals surface area contributed by atoms with Gasteiger partial charge in [-0.05, 0) is 24.6 Å². The fourth-order valence-electron chi connectivity index (χ4n) is 2.40. The molecule has 0 aliphatic carbocycles. The van der Waals surface area contributed by atoms with Gasteiger partial charge in [0, 0.05) is 4.90 Å². The molecule has 0 amide bonds. The molecule has 0 aliphatic rings. The van der Waals surface area contributed by atoms with Crippen LogP contribution in [0.3, 0.4) is 0 Å². The number of aromatic nitrogens is 4. The molecule has 0 spiro atoms. The van der Waals surface area contributed by atoms with E-state index in [2.05, 4.69) is 22.7 Å². The van der Waals surface area contributed by atoms with Crippen LogP contribution in [-0.2, 0) is 6.18 Å². The summed E-state index contributed by atoms with van der Waals surface area (Å²) in [6, 6.07) is 5.31. The molecule has 126 valence electrons. The van der Waals surface area contributed by atoms with E-state index < -0.39 is 34.9 Å². The molecule has 2 aromatic heterocycles. The number of H-pyrrole nitrogens is 1. The summed E-state index contributed by atoms with van der Waals surface area (Å²) in [5.74, 6) is 0. The molecule has 0 saturated heterocycles. The number of fused-ring (bicyclic) bond motifs is 1. The van der Waals surface area contributed by atoms with Gasteiger partial charge in [0.2, 0.25) is 0 Å². The average molecular weight is 356 g/mol. The standard InChI is InChI=1S/C14H11F3N4O2S/c1-6(7-2-4-8(24)5-3-7)21-11-9(10(20-21)14(15,16)17)12(22)19-13(23)18-11/h2-6,24H,1H3,(H2,18,19,22,23). The van der Waals surface area contributed by atoms with E-state index in [9.17, 15) is 23.1 Å². The molecule has 2 N–H and O–H groups in total. The molecule has 0 fully saturated rings. The molecule has 1 atom stereocenters. The first-order chi connectivity index (χ1) is 11.2. The van der Waals surface area contributed by atoms with Crippen molar-refractivity contribution >= 4 is 23.7 Å². The molecule has 2 heterocycles.